The molecule has 0 aliphatic carbocycles. The lowest BCUT2D eigenvalue weighted by Crippen LogP contribution is -2.42. The van der Waals surface area contributed by atoms with Gasteiger partial charge in [-0.3, -0.25) is 9.48 Å². The van der Waals surface area contributed by atoms with Crippen molar-refractivity contribution >= 4 is 5.91 Å². The number of rotatable bonds is 8. The monoisotopic (exact) mass is 418 g/mol. The van der Waals surface area contributed by atoms with Crippen LogP contribution in [0.25, 0.3) is 11.3 Å². The van der Waals surface area contributed by atoms with E-state index in [4.69, 9.17) is 10.5 Å². The minimum absolute atomic E-state index is 0.0301. The third-order valence-electron chi connectivity index (χ3n) is 5.82. The van der Waals surface area contributed by atoms with E-state index in [0.717, 1.165) is 34.4 Å². The predicted molar refractivity (Wildman–Crippen MR) is 121 cm³/mol. The largest absolute Gasteiger partial charge is 0.374 e. The molecule has 31 heavy (non-hydrogen) atoms. The number of benzene rings is 2. The second kappa shape index (κ2) is 9.04. The van der Waals surface area contributed by atoms with Crippen LogP contribution in [0.1, 0.15) is 40.9 Å². The van der Waals surface area contributed by atoms with Crippen molar-refractivity contribution in [3.8, 4) is 11.3 Å². The zero-order valence-electron chi connectivity index (χ0n) is 18.4. The van der Waals surface area contributed by atoms with Gasteiger partial charge in [0.15, 0.2) is 0 Å². The van der Waals surface area contributed by atoms with Crippen LogP contribution in [0.15, 0.2) is 54.7 Å². The fraction of sp³-hybridized carbons (Fsp3) is 0.360. The Labute approximate surface area is 183 Å². The summed E-state index contributed by atoms with van der Waals surface area (Å²) in [5.74, 6) is 0.0568. The molecule has 1 amide bonds. The van der Waals surface area contributed by atoms with E-state index in [-0.39, 0.29) is 18.1 Å². The first kappa shape index (κ1) is 21.3. The van der Waals surface area contributed by atoms with Crippen molar-refractivity contribution in [1.29, 1.82) is 0 Å². The zero-order valence-corrected chi connectivity index (χ0v) is 18.4. The molecule has 1 aromatic heterocycles. The number of aromatic nitrogens is 2. The van der Waals surface area contributed by atoms with Crippen LogP contribution >= 0.6 is 0 Å². The van der Waals surface area contributed by atoms with E-state index in [1.54, 1.807) is 0 Å². The Bertz CT molecular complexity index is 1060. The van der Waals surface area contributed by atoms with Gasteiger partial charge in [-0.15, -0.1) is 0 Å². The number of carbonyl (C=O) groups is 1. The van der Waals surface area contributed by atoms with E-state index >= 15 is 0 Å². The van der Waals surface area contributed by atoms with Crippen LogP contribution in [0.5, 0.6) is 0 Å². The van der Waals surface area contributed by atoms with Crippen molar-refractivity contribution in [1.82, 2.24) is 14.7 Å². The van der Waals surface area contributed by atoms with Crippen molar-refractivity contribution in [3.63, 3.8) is 0 Å². The second-order valence-corrected chi connectivity index (χ2v) is 8.39. The number of amides is 1. The van der Waals surface area contributed by atoms with Gasteiger partial charge in [0.25, 0.3) is 5.91 Å². The van der Waals surface area contributed by atoms with Gasteiger partial charge < -0.3 is 15.4 Å². The summed E-state index contributed by atoms with van der Waals surface area (Å²) in [5, 5.41) is 4.43. The second-order valence-electron chi connectivity index (χ2n) is 8.39. The quantitative estimate of drug-likeness (QED) is 0.607. The highest BCUT2D eigenvalue weighted by Gasteiger charge is 2.32. The maximum absolute atomic E-state index is 13.1. The lowest BCUT2D eigenvalue weighted by Gasteiger charge is -2.26. The summed E-state index contributed by atoms with van der Waals surface area (Å²) in [6, 6.07) is 16.2. The number of carbonyl (C=O) groups excluding carboxylic acids is 1. The maximum atomic E-state index is 13.1. The summed E-state index contributed by atoms with van der Waals surface area (Å²) < 4.78 is 7.67. The van der Waals surface area contributed by atoms with Gasteiger partial charge in [0.05, 0.1) is 24.6 Å². The first-order valence-electron chi connectivity index (χ1n) is 10.8. The van der Waals surface area contributed by atoms with Crippen molar-refractivity contribution in [2.45, 2.75) is 45.6 Å². The van der Waals surface area contributed by atoms with Gasteiger partial charge in [0, 0.05) is 42.9 Å². The number of hydrogen-bond acceptors (Lipinski definition) is 4. The van der Waals surface area contributed by atoms with Crippen LogP contribution in [0.3, 0.4) is 0 Å². The van der Waals surface area contributed by atoms with Gasteiger partial charge in [-0.25, -0.2) is 0 Å². The molecule has 1 aliphatic rings. The Morgan fingerprint density at radius 1 is 1.16 bits per heavy atom. The van der Waals surface area contributed by atoms with Crippen LogP contribution in [0.2, 0.25) is 0 Å². The third kappa shape index (κ3) is 4.40. The molecule has 1 unspecified atom stereocenters. The molecular weight excluding hydrogens is 388 g/mol. The lowest BCUT2D eigenvalue weighted by atomic mass is 10.0. The van der Waals surface area contributed by atoms with Crippen LogP contribution in [0.4, 0.5) is 0 Å². The molecule has 0 fully saturated rings. The molecule has 0 saturated heterocycles. The minimum atomic E-state index is -0.0301. The topological polar surface area (TPSA) is 73.4 Å². The number of hydrogen-bond donors (Lipinski definition) is 1. The molecule has 3 aromatic rings. The lowest BCUT2D eigenvalue weighted by molar-refractivity contribution is 0.0659. The number of aryl methyl sites for hydroxylation is 1. The first-order valence-corrected chi connectivity index (χ1v) is 10.8. The molecule has 6 nitrogen and oxygen atoms in total. The molecule has 162 valence electrons. The van der Waals surface area contributed by atoms with E-state index in [9.17, 15) is 4.79 Å². The Morgan fingerprint density at radius 2 is 1.94 bits per heavy atom. The molecule has 2 heterocycles. The Hall–Kier alpha value is -2.96. The average molecular weight is 419 g/mol. The van der Waals surface area contributed by atoms with Gasteiger partial charge in [0.2, 0.25) is 0 Å². The summed E-state index contributed by atoms with van der Waals surface area (Å²) in [5.41, 5.74) is 12.2. The highest BCUT2D eigenvalue weighted by molar-refractivity contribution is 5.99. The normalized spacial score (nSPS) is 14.4. The van der Waals surface area contributed by atoms with E-state index in [1.165, 1.54) is 5.56 Å². The first-order chi connectivity index (χ1) is 15.0. The van der Waals surface area contributed by atoms with Crippen molar-refractivity contribution in [2.75, 3.05) is 6.54 Å². The summed E-state index contributed by atoms with van der Waals surface area (Å²) in [6.07, 6.45) is 2.76. The molecule has 2 N–H and O–H groups in total. The van der Waals surface area contributed by atoms with Crippen LogP contribution in [0, 0.1) is 0 Å². The predicted octanol–water partition coefficient (Wildman–Crippen LogP) is 3.54. The van der Waals surface area contributed by atoms with Crippen LogP contribution < -0.4 is 5.73 Å². The molecule has 0 bridgehead atoms. The Balaban J connectivity index is 1.58. The molecule has 1 atom stereocenters. The van der Waals surface area contributed by atoms with Gasteiger partial charge in [-0.1, -0.05) is 36.4 Å². The summed E-state index contributed by atoms with van der Waals surface area (Å²) in [6.45, 7) is 5.56. The van der Waals surface area contributed by atoms with E-state index in [2.05, 4.69) is 23.3 Å². The van der Waals surface area contributed by atoms with E-state index in [0.29, 0.717) is 19.7 Å². The van der Waals surface area contributed by atoms with Crippen molar-refractivity contribution < 1.29 is 9.53 Å². The van der Waals surface area contributed by atoms with Gasteiger partial charge in [0.1, 0.15) is 0 Å². The average Bonchev–Trinajstić information content (AvgIpc) is 3.30. The summed E-state index contributed by atoms with van der Waals surface area (Å²) in [7, 11) is 1.93. The van der Waals surface area contributed by atoms with Crippen LogP contribution in [-0.2, 0) is 31.4 Å². The maximum Gasteiger partial charge on any atom is 0.254 e. The van der Waals surface area contributed by atoms with Crippen LogP contribution in [-0.4, -0.2) is 39.3 Å². The summed E-state index contributed by atoms with van der Waals surface area (Å²) >= 11 is 0. The van der Waals surface area contributed by atoms with Crippen molar-refractivity contribution in [3.05, 3.63) is 77.0 Å². The summed E-state index contributed by atoms with van der Waals surface area (Å²) in [4.78, 5) is 15.0. The van der Waals surface area contributed by atoms with E-state index in [1.807, 2.05) is 67.0 Å². The van der Waals surface area contributed by atoms with Crippen molar-refractivity contribution in [2.24, 2.45) is 12.8 Å². The Kier molecular flexibility index (Phi) is 6.20. The number of ether oxygens (including phenoxy) is 1. The fourth-order valence-electron chi connectivity index (χ4n) is 4.21. The SMILES string of the molecule is CC(C)OCc1cnn(C)c1-c1ccc2c(c1)CN(C(CN)Cc1ccccc1)C2=O. The third-order valence-corrected chi connectivity index (χ3v) is 5.82. The number of nitrogens with zero attached hydrogens (tertiary/aromatic N) is 3. The minimum Gasteiger partial charge on any atom is -0.374 e. The highest BCUT2D eigenvalue weighted by Crippen LogP contribution is 2.31. The number of fused-ring (bicyclic) bond motifs is 1. The molecule has 2 aromatic carbocycles. The fourth-order valence-corrected chi connectivity index (χ4v) is 4.21. The highest BCUT2D eigenvalue weighted by atomic mass is 16.5. The zero-order chi connectivity index (χ0) is 22.0. The number of nitrogens with two attached hydrogens (primary N) is 1. The molecule has 0 saturated carbocycles. The van der Waals surface area contributed by atoms with E-state index < -0.39 is 0 Å². The molecule has 4 rings (SSSR count). The molecule has 0 radical (unpaired) electrons. The molecule has 0 spiro atoms. The smallest absolute Gasteiger partial charge is 0.254 e. The van der Waals surface area contributed by atoms with Gasteiger partial charge >= 0.3 is 0 Å². The molecule has 1 aliphatic heterocycles. The van der Waals surface area contributed by atoms with Gasteiger partial charge in [-0.2, -0.15) is 5.10 Å². The standard InChI is InChI=1S/C25H30N4O2/c1-17(2)31-16-21-14-27-28(3)24(21)19-9-10-23-20(12-19)15-29(25(23)30)22(13-26)11-18-7-5-4-6-8-18/h4-10,12,14,17,22H,11,13,15-16,26H2,1-3H3. The van der Waals surface area contributed by atoms with Gasteiger partial charge in [-0.05, 0) is 43.5 Å². The Morgan fingerprint density at radius 3 is 2.65 bits per heavy atom. The molecule has 6 heteroatoms. The molecular formula is C25H30N4O2.